The van der Waals surface area contributed by atoms with E-state index in [1.807, 2.05) is 23.8 Å². The second-order valence-corrected chi connectivity index (χ2v) is 6.22. The van der Waals surface area contributed by atoms with Gasteiger partial charge in [-0.1, -0.05) is 11.6 Å². The van der Waals surface area contributed by atoms with Crippen molar-refractivity contribution in [1.29, 1.82) is 0 Å². The maximum Gasteiger partial charge on any atom is 0.195 e. The molecular weight excluding hydrogens is 336 g/mol. The van der Waals surface area contributed by atoms with E-state index in [1.54, 1.807) is 24.7 Å². The van der Waals surface area contributed by atoms with Crippen LogP contribution >= 0.6 is 11.6 Å². The molecule has 6 nitrogen and oxygen atoms in total. The van der Waals surface area contributed by atoms with Crippen molar-refractivity contribution in [3.8, 4) is 11.6 Å². The standard InChI is InChI=1S/C18H17ClN6/c1-3-25-15-9-12(2)13(19)10-14(15)23-16(25)11-24-8-7-22-18(24)17-20-5-4-6-21-17/h4-10H,3,11H2,1-2H3. The van der Waals surface area contributed by atoms with Crippen molar-refractivity contribution in [3.63, 3.8) is 0 Å². The molecule has 4 rings (SSSR count). The van der Waals surface area contributed by atoms with Crippen molar-refractivity contribution < 1.29 is 0 Å². The van der Waals surface area contributed by atoms with Crippen LogP contribution in [-0.2, 0) is 13.1 Å². The largest absolute Gasteiger partial charge is 0.327 e. The third-order valence-corrected chi connectivity index (χ3v) is 4.62. The fraction of sp³-hybridized carbons (Fsp3) is 0.222. The van der Waals surface area contributed by atoms with Crippen LogP contribution in [0.1, 0.15) is 18.3 Å². The molecule has 0 spiro atoms. The number of imidazole rings is 2. The number of nitrogens with zero attached hydrogens (tertiary/aromatic N) is 6. The highest BCUT2D eigenvalue weighted by Gasteiger charge is 2.15. The molecule has 0 N–H and O–H groups in total. The summed E-state index contributed by atoms with van der Waals surface area (Å²) in [5, 5.41) is 0.737. The molecule has 7 heteroatoms. The Morgan fingerprint density at radius 1 is 1.08 bits per heavy atom. The van der Waals surface area contributed by atoms with E-state index in [1.165, 1.54) is 0 Å². The van der Waals surface area contributed by atoms with E-state index < -0.39 is 0 Å². The van der Waals surface area contributed by atoms with E-state index in [-0.39, 0.29) is 0 Å². The summed E-state index contributed by atoms with van der Waals surface area (Å²) in [6, 6.07) is 5.81. The van der Waals surface area contributed by atoms with Crippen molar-refractivity contribution in [2.24, 2.45) is 0 Å². The number of aromatic nitrogens is 6. The molecule has 0 atom stereocenters. The fourth-order valence-electron chi connectivity index (χ4n) is 2.98. The maximum atomic E-state index is 6.26. The fourth-order valence-corrected chi connectivity index (χ4v) is 3.14. The van der Waals surface area contributed by atoms with Crippen LogP contribution in [0.3, 0.4) is 0 Å². The molecule has 0 aliphatic carbocycles. The Morgan fingerprint density at radius 3 is 2.64 bits per heavy atom. The van der Waals surface area contributed by atoms with Crippen molar-refractivity contribution in [2.75, 3.05) is 0 Å². The van der Waals surface area contributed by atoms with Crippen molar-refractivity contribution in [3.05, 3.63) is 59.4 Å². The lowest BCUT2D eigenvalue weighted by Crippen LogP contribution is -2.09. The number of hydrogen-bond donors (Lipinski definition) is 0. The highest BCUT2D eigenvalue weighted by atomic mass is 35.5. The molecular formula is C18H17ClN6. The minimum Gasteiger partial charge on any atom is -0.327 e. The van der Waals surface area contributed by atoms with Crippen LogP contribution in [-0.4, -0.2) is 29.1 Å². The van der Waals surface area contributed by atoms with Gasteiger partial charge in [0.2, 0.25) is 0 Å². The van der Waals surface area contributed by atoms with Crippen LogP contribution in [0.4, 0.5) is 0 Å². The van der Waals surface area contributed by atoms with Gasteiger partial charge in [0.15, 0.2) is 11.6 Å². The minimum atomic E-state index is 0.590. The van der Waals surface area contributed by atoms with Crippen molar-refractivity contribution in [2.45, 2.75) is 26.9 Å². The predicted octanol–water partition coefficient (Wildman–Crippen LogP) is 3.72. The normalized spacial score (nSPS) is 11.3. The van der Waals surface area contributed by atoms with Gasteiger partial charge in [-0.25, -0.2) is 19.9 Å². The summed E-state index contributed by atoms with van der Waals surface area (Å²) in [6.07, 6.45) is 7.11. The Hall–Kier alpha value is -2.73. The number of aryl methyl sites for hydroxylation is 2. The molecule has 0 aliphatic heterocycles. The number of rotatable bonds is 4. The molecule has 25 heavy (non-hydrogen) atoms. The van der Waals surface area contributed by atoms with Gasteiger partial charge in [0.05, 0.1) is 17.6 Å². The number of hydrogen-bond acceptors (Lipinski definition) is 4. The average molecular weight is 353 g/mol. The maximum absolute atomic E-state index is 6.26. The monoisotopic (exact) mass is 352 g/mol. The van der Waals surface area contributed by atoms with Gasteiger partial charge in [0.1, 0.15) is 5.82 Å². The van der Waals surface area contributed by atoms with Gasteiger partial charge in [0.25, 0.3) is 0 Å². The molecule has 0 amide bonds. The Kier molecular flexibility index (Phi) is 3.97. The first kappa shape index (κ1) is 15.8. The molecule has 0 unspecified atom stereocenters. The second-order valence-electron chi connectivity index (χ2n) is 5.81. The van der Waals surface area contributed by atoms with Crippen LogP contribution in [0.2, 0.25) is 5.02 Å². The molecule has 0 fully saturated rings. The summed E-state index contributed by atoms with van der Waals surface area (Å²) in [6.45, 7) is 5.55. The van der Waals surface area contributed by atoms with E-state index in [0.29, 0.717) is 12.4 Å². The lowest BCUT2D eigenvalue weighted by Gasteiger charge is -2.09. The van der Waals surface area contributed by atoms with E-state index in [9.17, 15) is 0 Å². The number of fused-ring (bicyclic) bond motifs is 1. The summed E-state index contributed by atoms with van der Waals surface area (Å²) in [7, 11) is 0. The first-order valence-electron chi connectivity index (χ1n) is 8.11. The lowest BCUT2D eigenvalue weighted by molar-refractivity contribution is 0.665. The second kappa shape index (κ2) is 6.29. The van der Waals surface area contributed by atoms with Gasteiger partial charge in [0, 0.05) is 36.4 Å². The SMILES string of the molecule is CCn1c(Cn2ccnc2-c2ncccn2)nc2cc(Cl)c(C)cc21. The van der Waals surface area contributed by atoms with Gasteiger partial charge < -0.3 is 9.13 Å². The first-order valence-corrected chi connectivity index (χ1v) is 8.49. The van der Waals surface area contributed by atoms with Crippen LogP contribution in [0, 0.1) is 6.92 Å². The van der Waals surface area contributed by atoms with E-state index >= 15 is 0 Å². The zero-order valence-electron chi connectivity index (χ0n) is 14.0. The van der Waals surface area contributed by atoms with E-state index in [4.69, 9.17) is 16.6 Å². The highest BCUT2D eigenvalue weighted by Crippen LogP contribution is 2.25. The summed E-state index contributed by atoms with van der Waals surface area (Å²) in [5.74, 6) is 2.28. The Bertz CT molecular complexity index is 1030. The zero-order valence-corrected chi connectivity index (χ0v) is 14.8. The summed E-state index contributed by atoms with van der Waals surface area (Å²) < 4.78 is 4.21. The molecule has 0 saturated carbocycles. The van der Waals surface area contributed by atoms with E-state index in [2.05, 4.69) is 32.5 Å². The minimum absolute atomic E-state index is 0.590. The zero-order chi connectivity index (χ0) is 17.4. The molecule has 1 aromatic carbocycles. The van der Waals surface area contributed by atoms with Gasteiger partial charge in [-0.2, -0.15) is 0 Å². The molecule has 0 aliphatic rings. The van der Waals surface area contributed by atoms with Gasteiger partial charge >= 0.3 is 0 Å². The molecule has 0 radical (unpaired) electrons. The molecule has 0 bridgehead atoms. The summed E-state index contributed by atoms with van der Waals surface area (Å²) in [4.78, 5) is 17.8. The quantitative estimate of drug-likeness (QED) is 0.561. The average Bonchev–Trinajstić information content (AvgIpc) is 3.20. The van der Waals surface area contributed by atoms with Crippen LogP contribution in [0.15, 0.2) is 43.0 Å². The van der Waals surface area contributed by atoms with Crippen molar-refractivity contribution in [1.82, 2.24) is 29.1 Å². The Labute approximate surface area is 150 Å². The van der Waals surface area contributed by atoms with E-state index in [0.717, 1.165) is 39.8 Å². The predicted molar refractivity (Wildman–Crippen MR) is 97.5 cm³/mol. The highest BCUT2D eigenvalue weighted by molar-refractivity contribution is 6.32. The lowest BCUT2D eigenvalue weighted by atomic mass is 10.2. The number of halogens is 1. The Balaban J connectivity index is 1.79. The molecule has 4 aromatic rings. The van der Waals surface area contributed by atoms with Crippen LogP contribution in [0.25, 0.3) is 22.7 Å². The summed E-state index contributed by atoms with van der Waals surface area (Å²) >= 11 is 6.26. The van der Waals surface area contributed by atoms with Crippen LogP contribution in [0.5, 0.6) is 0 Å². The smallest absolute Gasteiger partial charge is 0.195 e. The van der Waals surface area contributed by atoms with Gasteiger partial charge in [-0.3, -0.25) is 0 Å². The molecule has 3 heterocycles. The first-order chi connectivity index (χ1) is 12.2. The number of benzene rings is 1. The van der Waals surface area contributed by atoms with Crippen LogP contribution < -0.4 is 0 Å². The van der Waals surface area contributed by atoms with Gasteiger partial charge in [-0.05, 0) is 37.6 Å². The van der Waals surface area contributed by atoms with Gasteiger partial charge in [-0.15, -0.1) is 0 Å². The third-order valence-electron chi connectivity index (χ3n) is 4.22. The van der Waals surface area contributed by atoms with Crippen molar-refractivity contribution >= 4 is 22.6 Å². The molecule has 126 valence electrons. The molecule has 0 saturated heterocycles. The third kappa shape index (κ3) is 2.78. The molecule has 3 aromatic heterocycles. The topological polar surface area (TPSA) is 61.4 Å². The Morgan fingerprint density at radius 2 is 1.88 bits per heavy atom. The summed E-state index contributed by atoms with van der Waals surface area (Å²) in [5.41, 5.74) is 3.05.